The lowest BCUT2D eigenvalue weighted by atomic mass is 9.69. The van der Waals surface area contributed by atoms with E-state index in [-0.39, 0.29) is 24.1 Å². The van der Waals surface area contributed by atoms with Crippen molar-refractivity contribution in [3.63, 3.8) is 0 Å². The maximum Gasteiger partial charge on any atom is 0.465 e. The highest BCUT2D eigenvalue weighted by atomic mass is 28.3. The highest BCUT2D eigenvalue weighted by Crippen LogP contribution is 2.43. The van der Waals surface area contributed by atoms with Crippen LogP contribution in [0.15, 0.2) is 54.6 Å². The molecule has 0 amide bonds. The molecule has 0 N–H and O–H groups in total. The van der Waals surface area contributed by atoms with Crippen molar-refractivity contribution in [3.05, 3.63) is 65.7 Å². The molecule has 3 rings (SSSR count). The van der Waals surface area contributed by atoms with Gasteiger partial charge in [-0.15, -0.1) is 0 Å². The van der Waals surface area contributed by atoms with Crippen LogP contribution < -0.4 is 5.19 Å². The molecule has 0 aromatic heterocycles. The van der Waals surface area contributed by atoms with E-state index in [1.165, 1.54) is 16.3 Å². The quantitative estimate of drug-likeness (QED) is 0.653. The number of hydrogen-bond acceptors (Lipinski definition) is 2. The zero-order valence-electron chi connectivity index (χ0n) is 17.9. The van der Waals surface area contributed by atoms with E-state index in [0.29, 0.717) is 0 Å². The fraction of sp³-hybridized carbons (Fsp3) is 0.478. The molecule has 2 aromatic carbocycles. The second-order valence-corrected chi connectivity index (χ2v) is 14.3. The van der Waals surface area contributed by atoms with Crippen LogP contribution in [0.2, 0.25) is 19.1 Å². The minimum Gasteiger partial charge on any atom is -0.403 e. The van der Waals surface area contributed by atoms with E-state index in [1.54, 1.807) is 0 Å². The second kappa shape index (κ2) is 7.23. The van der Waals surface area contributed by atoms with Gasteiger partial charge in [0.15, 0.2) is 0 Å². The summed E-state index contributed by atoms with van der Waals surface area (Å²) >= 11 is 0. The summed E-state index contributed by atoms with van der Waals surface area (Å²) in [7, 11) is -1.87. The summed E-state index contributed by atoms with van der Waals surface area (Å²) in [4.78, 5) is 0. The average molecular weight is 380 g/mol. The van der Waals surface area contributed by atoms with Gasteiger partial charge in [-0.1, -0.05) is 78.4 Å². The van der Waals surface area contributed by atoms with Gasteiger partial charge in [-0.2, -0.15) is 0 Å². The molecule has 0 spiro atoms. The normalized spacial score (nSPS) is 19.9. The van der Waals surface area contributed by atoms with E-state index in [1.807, 2.05) is 0 Å². The van der Waals surface area contributed by atoms with Gasteiger partial charge in [0.25, 0.3) is 0 Å². The summed E-state index contributed by atoms with van der Waals surface area (Å²) < 4.78 is 13.0. The Hall–Kier alpha value is -1.36. The predicted molar refractivity (Wildman–Crippen MR) is 118 cm³/mol. The van der Waals surface area contributed by atoms with Crippen LogP contribution in [0.25, 0.3) is 0 Å². The molecule has 1 aliphatic heterocycles. The Labute approximate surface area is 166 Å². The van der Waals surface area contributed by atoms with E-state index in [2.05, 4.69) is 102 Å². The Kier molecular flexibility index (Phi) is 5.46. The van der Waals surface area contributed by atoms with Crippen molar-refractivity contribution in [2.24, 2.45) is 0 Å². The molecular formula is C23H33BO2Si. The maximum atomic E-state index is 6.49. The van der Waals surface area contributed by atoms with Crippen LogP contribution in [0, 0.1) is 6.92 Å². The lowest BCUT2D eigenvalue weighted by Gasteiger charge is -2.32. The third-order valence-electron chi connectivity index (χ3n) is 6.39. The molecule has 4 heteroatoms. The van der Waals surface area contributed by atoms with Crippen molar-refractivity contribution < 1.29 is 9.31 Å². The smallest absolute Gasteiger partial charge is 0.403 e. The van der Waals surface area contributed by atoms with E-state index in [0.717, 1.165) is 6.04 Å². The Morgan fingerprint density at radius 3 is 1.89 bits per heavy atom. The second-order valence-electron chi connectivity index (χ2n) is 9.60. The first-order valence-electron chi connectivity index (χ1n) is 10.00. The lowest BCUT2D eigenvalue weighted by Crippen LogP contribution is -2.45. The number of benzene rings is 2. The Morgan fingerprint density at radius 2 is 1.37 bits per heavy atom. The molecule has 0 aliphatic carbocycles. The van der Waals surface area contributed by atoms with Gasteiger partial charge in [-0.25, -0.2) is 0 Å². The van der Waals surface area contributed by atoms with Crippen LogP contribution in [0.4, 0.5) is 0 Å². The van der Waals surface area contributed by atoms with E-state index >= 15 is 0 Å². The first-order chi connectivity index (χ1) is 12.5. The summed E-state index contributed by atoms with van der Waals surface area (Å²) in [6.07, 6.45) is 0. The van der Waals surface area contributed by atoms with Gasteiger partial charge in [0, 0.05) is 5.82 Å². The molecule has 1 saturated heterocycles. The molecule has 1 aliphatic rings. The fourth-order valence-electron chi connectivity index (χ4n) is 3.79. The number of rotatable bonds is 5. The van der Waals surface area contributed by atoms with Crippen LogP contribution in [0.3, 0.4) is 0 Å². The third kappa shape index (κ3) is 4.23. The van der Waals surface area contributed by atoms with Gasteiger partial charge in [0.05, 0.1) is 19.3 Å². The topological polar surface area (TPSA) is 18.5 Å². The van der Waals surface area contributed by atoms with Gasteiger partial charge < -0.3 is 9.31 Å². The molecule has 27 heavy (non-hydrogen) atoms. The van der Waals surface area contributed by atoms with Crippen LogP contribution >= 0.6 is 0 Å². The molecular weight excluding hydrogens is 347 g/mol. The fourth-order valence-corrected chi connectivity index (χ4v) is 6.65. The first-order valence-corrected chi connectivity index (χ1v) is 13.2. The molecule has 0 radical (unpaired) electrons. The third-order valence-corrected chi connectivity index (χ3v) is 9.75. The van der Waals surface area contributed by atoms with E-state index in [9.17, 15) is 0 Å². The highest BCUT2D eigenvalue weighted by Gasteiger charge is 2.54. The van der Waals surface area contributed by atoms with Gasteiger partial charge in [-0.3, -0.25) is 0 Å². The first kappa shape index (κ1) is 20.4. The van der Waals surface area contributed by atoms with E-state index < -0.39 is 8.07 Å². The molecule has 0 bridgehead atoms. The van der Waals surface area contributed by atoms with Gasteiger partial charge in [0.2, 0.25) is 0 Å². The Bertz CT molecular complexity index is 753. The molecule has 144 valence electrons. The zero-order chi connectivity index (χ0) is 19.9. The van der Waals surface area contributed by atoms with Crippen LogP contribution in [0.1, 0.15) is 44.6 Å². The van der Waals surface area contributed by atoms with Gasteiger partial charge in [0.1, 0.15) is 0 Å². The van der Waals surface area contributed by atoms with Crippen molar-refractivity contribution in [1.82, 2.24) is 0 Å². The Balaban J connectivity index is 1.95. The molecule has 0 saturated carbocycles. The van der Waals surface area contributed by atoms with Crippen molar-refractivity contribution in [2.75, 3.05) is 0 Å². The minimum absolute atomic E-state index is 0.215. The molecule has 2 nitrogen and oxygen atoms in total. The molecule has 1 fully saturated rings. The maximum absolute atomic E-state index is 6.49. The monoisotopic (exact) mass is 380 g/mol. The SMILES string of the molecule is Cc1ccc(C(C[Si](C)(C)c2ccccc2)B2OC(C)(C)C(C)(C)O2)cc1. The summed E-state index contributed by atoms with van der Waals surface area (Å²) in [5.41, 5.74) is 1.99. The number of hydrogen-bond donors (Lipinski definition) is 0. The van der Waals surface area contributed by atoms with E-state index in [4.69, 9.17) is 9.31 Å². The predicted octanol–water partition coefficient (Wildman–Crippen LogP) is 5.33. The largest absolute Gasteiger partial charge is 0.465 e. The summed E-state index contributed by atoms with van der Waals surface area (Å²) in [5.74, 6) is 0.230. The number of aryl methyl sites for hydroxylation is 1. The standard InChI is InChI=1S/C23H33BO2Si/c1-18-13-15-19(16-14-18)21(24-25-22(2,3)23(4,5)26-24)17-27(6,7)20-11-9-8-10-12-20/h8-16,21H,17H2,1-7H3. The molecule has 1 unspecified atom stereocenters. The van der Waals surface area contributed by atoms with Gasteiger partial charge in [-0.05, 0) is 46.2 Å². The molecule has 1 atom stereocenters. The molecule has 2 aromatic rings. The van der Waals surface area contributed by atoms with Crippen LogP contribution in [-0.2, 0) is 9.31 Å². The zero-order valence-corrected chi connectivity index (χ0v) is 18.9. The molecule has 1 heterocycles. The average Bonchev–Trinajstić information content (AvgIpc) is 2.82. The van der Waals surface area contributed by atoms with Crippen molar-refractivity contribution >= 4 is 20.4 Å². The summed E-state index contributed by atoms with van der Waals surface area (Å²) in [5, 5.41) is 1.48. The summed E-state index contributed by atoms with van der Waals surface area (Å²) in [6, 6.07) is 21.0. The van der Waals surface area contributed by atoms with Crippen LogP contribution in [-0.4, -0.2) is 26.4 Å². The van der Waals surface area contributed by atoms with Crippen molar-refractivity contribution in [1.29, 1.82) is 0 Å². The van der Waals surface area contributed by atoms with Crippen molar-refractivity contribution in [2.45, 2.75) is 70.8 Å². The summed E-state index contributed by atoms with van der Waals surface area (Å²) in [6.45, 7) is 15.6. The minimum atomic E-state index is -1.66. The van der Waals surface area contributed by atoms with Crippen LogP contribution in [0.5, 0.6) is 0 Å². The van der Waals surface area contributed by atoms with Gasteiger partial charge >= 0.3 is 7.12 Å². The highest BCUT2D eigenvalue weighted by molar-refractivity contribution is 6.90. The lowest BCUT2D eigenvalue weighted by molar-refractivity contribution is 0.00578. The van der Waals surface area contributed by atoms with Crippen molar-refractivity contribution in [3.8, 4) is 0 Å². The Morgan fingerprint density at radius 1 is 0.852 bits per heavy atom.